The van der Waals surface area contributed by atoms with Crippen LogP contribution in [0.3, 0.4) is 0 Å². The molecule has 1 unspecified atom stereocenters. The maximum Gasteiger partial charge on any atom is 0.312 e. The molecule has 0 amide bonds. The minimum atomic E-state index is -1.07. The highest BCUT2D eigenvalue weighted by atomic mass is 19.1. The zero-order valence-electron chi connectivity index (χ0n) is 9.79. The molecule has 5 heteroatoms. The van der Waals surface area contributed by atoms with E-state index in [1.54, 1.807) is 0 Å². The summed E-state index contributed by atoms with van der Waals surface area (Å²) in [7, 11) is 0. The second-order valence-electron chi connectivity index (χ2n) is 4.70. The lowest BCUT2D eigenvalue weighted by molar-refractivity contribution is -0.157. The Balaban J connectivity index is 2.25. The largest absolute Gasteiger partial charge is 0.481 e. The predicted molar refractivity (Wildman–Crippen MR) is 60.2 cm³/mol. The predicted octanol–water partition coefficient (Wildman–Crippen LogP) is 2.39. The zero-order chi connectivity index (χ0) is 13.2. The van der Waals surface area contributed by atoms with Crippen molar-refractivity contribution < 1.29 is 23.4 Å². The van der Waals surface area contributed by atoms with Crippen molar-refractivity contribution in [3.8, 4) is 0 Å². The number of carboxylic acids is 1. The van der Waals surface area contributed by atoms with Crippen LogP contribution in [0.4, 0.5) is 8.78 Å². The van der Waals surface area contributed by atoms with E-state index in [0.717, 1.165) is 6.07 Å². The van der Waals surface area contributed by atoms with Crippen LogP contribution in [0, 0.1) is 17.0 Å². The summed E-state index contributed by atoms with van der Waals surface area (Å²) in [5, 5.41) is 9.32. The first-order chi connectivity index (χ1) is 8.52. The summed E-state index contributed by atoms with van der Waals surface area (Å²) in [6.07, 6.45) is 1.18. The van der Waals surface area contributed by atoms with E-state index in [1.165, 1.54) is 12.1 Å². The summed E-state index contributed by atoms with van der Waals surface area (Å²) in [5.41, 5.74) is -0.723. The molecule has 1 aliphatic heterocycles. The van der Waals surface area contributed by atoms with Gasteiger partial charge in [-0.25, -0.2) is 8.78 Å². The minimum Gasteiger partial charge on any atom is -0.481 e. The van der Waals surface area contributed by atoms with Crippen LogP contribution in [0.15, 0.2) is 18.2 Å². The van der Waals surface area contributed by atoms with Gasteiger partial charge in [-0.15, -0.1) is 0 Å². The second-order valence-corrected chi connectivity index (χ2v) is 4.70. The Bertz CT molecular complexity index is 433. The van der Waals surface area contributed by atoms with Crippen molar-refractivity contribution in [2.75, 3.05) is 13.2 Å². The molecule has 0 saturated carbocycles. The standard InChI is InChI=1S/C13H14F2O3/c14-10-4-9(5-11(15)6-10)7-13(12(16)17)2-1-3-18-8-13/h4-6H,1-3,7-8H2,(H,16,17). The molecule has 0 aliphatic carbocycles. The third kappa shape index (κ3) is 2.67. The number of carboxylic acid groups (broad SMARTS) is 1. The third-order valence-corrected chi connectivity index (χ3v) is 3.24. The van der Waals surface area contributed by atoms with Gasteiger partial charge in [-0.05, 0) is 37.0 Å². The van der Waals surface area contributed by atoms with Crippen molar-refractivity contribution in [2.45, 2.75) is 19.3 Å². The molecule has 1 N–H and O–H groups in total. The molecule has 1 aromatic carbocycles. The maximum atomic E-state index is 13.1. The van der Waals surface area contributed by atoms with E-state index >= 15 is 0 Å². The average molecular weight is 256 g/mol. The Morgan fingerprint density at radius 1 is 1.33 bits per heavy atom. The van der Waals surface area contributed by atoms with E-state index < -0.39 is 23.0 Å². The molecule has 3 nitrogen and oxygen atoms in total. The third-order valence-electron chi connectivity index (χ3n) is 3.24. The quantitative estimate of drug-likeness (QED) is 0.903. The number of ether oxygens (including phenoxy) is 1. The molecular weight excluding hydrogens is 242 g/mol. The first-order valence-electron chi connectivity index (χ1n) is 5.78. The summed E-state index contributed by atoms with van der Waals surface area (Å²) in [4.78, 5) is 11.4. The van der Waals surface area contributed by atoms with Crippen LogP contribution in [-0.2, 0) is 16.0 Å². The van der Waals surface area contributed by atoms with Crippen LogP contribution in [0.5, 0.6) is 0 Å². The highest BCUT2D eigenvalue weighted by Crippen LogP contribution is 2.33. The Labute approximate surface area is 103 Å². The highest BCUT2D eigenvalue weighted by molar-refractivity contribution is 5.75. The van der Waals surface area contributed by atoms with Crippen molar-refractivity contribution in [3.05, 3.63) is 35.4 Å². The van der Waals surface area contributed by atoms with Gasteiger partial charge < -0.3 is 9.84 Å². The first kappa shape index (κ1) is 13.0. The monoisotopic (exact) mass is 256 g/mol. The van der Waals surface area contributed by atoms with Crippen LogP contribution in [0.1, 0.15) is 18.4 Å². The van der Waals surface area contributed by atoms with Gasteiger partial charge in [-0.3, -0.25) is 4.79 Å². The maximum absolute atomic E-state index is 13.1. The van der Waals surface area contributed by atoms with E-state index in [9.17, 15) is 18.7 Å². The fraction of sp³-hybridized carbons (Fsp3) is 0.462. The number of carbonyl (C=O) groups is 1. The van der Waals surface area contributed by atoms with E-state index in [1.807, 2.05) is 0 Å². The number of benzene rings is 1. The van der Waals surface area contributed by atoms with Crippen molar-refractivity contribution >= 4 is 5.97 Å². The lowest BCUT2D eigenvalue weighted by atomic mass is 9.77. The molecule has 0 spiro atoms. The van der Waals surface area contributed by atoms with Crippen LogP contribution in [0.25, 0.3) is 0 Å². The fourth-order valence-corrected chi connectivity index (χ4v) is 2.34. The smallest absolute Gasteiger partial charge is 0.312 e. The Hall–Kier alpha value is -1.49. The van der Waals surface area contributed by atoms with Gasteiger partial charge in [-0.2, -0.15) is 0 Å². The number of rotatable bonds is 3. The molecular formula is C13H14F2O3. The van der Waals surface area contributed by atoms with Crippen LogP contribution >= 0.6 is 0 Å². The van der Waals surface area contributed by atoms with E-state index in [4.69, 9.17) is 4.74 Å². The van der Waals surface area contributed by atoms with Gasteiger partial charge in [-0.1, -0.05) is 0 Å². The van der Waals surface area contributed by atoms with Crippen molar-refractivity contribution in [1.82, 2.24) is 0 Å². The summed E-state index contributed by atoms with van der Waals surface area (Å²) in [6, 6.07) is 3.11. The lowest BCUT2D eigenvalue weighted by Gasteiger charge is -2.33. The number of halogens is 2. The van der Waals surface area contributed by atoms with E-state index in [0.29, 0.717) is 25.0 Å². The van der Waals surface area contributed by atoms with Crippen molar-refractivity contribution in [3.63, 3.8) is 0 Å². The van der Waals surface area contributed by atoms with Gasteiger partial charge in [0.2, 0.25) is 0 Å². The Morgan fingerprint density at radius 3 is 2.50 bits per heavy atom. The minimum absolute atomic E-state index is 0.0804. The number of aliphatic carboxylic acids is 1. The Kier molecular flexibility index (Phi) is 3.61. The van der Waals surface area contributed by atoms with E-state index in [-0.39, 0.29) is 13.0 Å². The van der Waals surface area contributed by atoms with E-state index in [2.05, 4.69) is 0 Å². The molecule has 1 atom stereocenters. The summed E-state index contributed by atoms with van der Waals surface area (Å²) < 4.78 is 31.4. The first-order valence-corrected chi connectivity index (χ1v) is 5.78. The summed E-state index contributed by atoms with van der Waals surface area (Å²) in [6.45, 7) is 0.618. The van der Waals surface area contributed by atoms with Gasteiger partial charge in [0.05, 0.1) is 12.0 Å². The second kappa shape index (κ2) is 5.02. The molecule has 98 valence electrons. The highest BCUT2D eigenvalue weighted by Gasteiger charge is 2.40. The molecule has 1 fully saturated rings. The van der Waals surface area contributed by atoms with Gasteiger partial charge >= 0.3 is 5.97 Å². The van der Waals surface area contributed by atoms with Gasteiger partial charge in [0.15, 0.2) is 0 Å². The van der Waals surface area contributed by atoms with Crippen molar-refractivity contribution in [2.24, 2.45) is 5.41 Å². The molecule has 18 heavy (non-hydrogen) atoms. The molecule has 0 radical (unpaired) electrons. The molecule has 1 aromatic rings. The molecule has 2 rings (SSSR count). The SMILES string of the molecule is O=C(O)C1(Cc2cc(F)cc(F)c2)CCCOC1. The molecule has 1 heterocycles. The van der Waals surface area contributed by atoms with Gasteiger partial charge in [0, 0.05) is 12.7 Å². The summed E-state index contributed by atoms with van der Waals surface area (Å²) >= 11 is 0. The summed E-state index contributed by atoms with van der Waals surface area (Å²) in [5.74, 6) is -2.36. The van der Waals surface area contributed by atoms with Gasteiger partial charge in [0.1, 0.15) is 11.6 Å². The average Bonchev–Trinajstić information content (AvgIpc) is 2.28. The number of hydrogen-bond donors (Lipinski definition) is 1. The number of hydrogen-bond acceptors (Lipinski definition) is 2. The van der Waals surface area contributed by atoms with Gasteiger partial charge in [0.25, 0.3) is 0 Å². The molecule has 0 aromatic heterocycles. The van der Waals surface area contributed by atoms with Crippen LogP contribution in [0.2, 0.25) is 0 Å². The van der Waals surface area contributed by atoms with Crippen molar-refractivity contribution in [1.29, 1.82) is 0 Å². The topological polar surface area (TPSA) is 46.5 Å². The molecule has 1 aliphatic rings. The molecule has 0 bridgehead atoms. The van der Waals surface area contributed by atoms with Crippen LogP contribution < -0.4 is 0 Å². The zero-order valence-corrected chi connectivity index (χ0v) is 9.79. The van der Waals surface area contributed by atoms with Crippen LogP contribution in [-0.4, -0.2) is 24.3 Å². The normalized spacial score (nSPS) is 23.9. The Morgan fingerprint density at radius 2 is 2.00 bits per heavy atom. The lowest BCUT2D eigenvalue weighted by Crippen LogP contribution is -2.41. The fourth-order valence-electron chi connectivity index (χ4n) is 2.34. The molecule has 1 saturated heterocycles.